The maximum absolute atomic E-state index is 12.2. The van der Waals surface area contributed by atoms with E-state index in [0.29, 0.717) is 25.4 Å². The van der Waals surface area contributed by atoms with Gasteiger partial charge < -0.3 is 14.2 Å². The van der Waals surface area contributed by atoms with E-state index in [0.717, 1.165) is 12.8 Å². The number of unbranched alkanes of at least 4 members (excludes halogenated alkanes) is 1. The maximum Gasteiger partial charge on any atom is 0.340 e. The fourth-order valence-corrected chi connectivity index (χ4v) is 2.06. The lowest BCUT2D eigenvalue weighted by Crippen LogP contribution is -2.27. The predicted octanol–water partition coefficient (Wildman–Crippen LogP) is 3.68. The first-order valence-electron chi connectivity index (χ1n) is 7.92. The number of ether oxygens (including phenoxy) is 3. The van der Waals surface area contributed by atoms with E-state index in [4.69, 9.17) is 14.2 Å². The number of carbonyl (C=O) groups excluding carboxylic acids is 1. The molecule has 0 saturated carbocycles. The molecular formula is C18H26O4. The molecule has 0 aromatic heterocycles. The van der Waals surface area contributed by atoms with Crippen molar-refractivity contribution in [2.75, 3.05) is 19.8 Å². The molecule has 0 N–H and O–H groups in total. The van der Waals surface area contributed by atoms with E-state index < -0.39 is 5.79 Å². The van der Waals surface area contributed by atoms with Gasteiger partial charge in [-0.15, -0.1) is 0 Å². The standard InChI is InChI=1S/C18H26O4/c1-5-6-11-20-12-18(13-21-18)22-16(19)14-7-9-15(10-8-14)17(2,3)4/h7-10H,5-6,11-13H2,1-4H3. The van der Waals surface area contributed by atoms with E-state index in [1.807, 2.05) is 12.1 Å². The summed E-state index contributed by atoms with van der Waals surface area (Å²) in [6, 6.07) is 7.54. The van der Waals surface area contributed by atoms with Crippen LogP contribution < -0.4 is 0 Å². The Morgan fingerprint density at radius 3 is 2.41 bits per heavy atom. The fraction of sp³-hybridized carbons (Fsp3) is 0.611. The van der Waals surface area contributed by atoms with Gasteiger partial charge in [-0.2, -0.15) is 0 Å². The summed E-state index contributed by atoms with van der Waals surface area (Å²) in [6.07, 6.45) is 2.08. The molecule has 22 heavy (non-hydrogen) atoms. The molecule has 1 heterocycles. The monoisotopic (exact) mass is 306 g/mol. The first-order valence-corrected chi connectivity index (χ1v) is 7.92. The average molecular weight is 306 g/mol. The Kier molecular flexibility index (Phi) is 5.24. The van der Waals surface area contributed by atoms with Crippen LogP contribution in [0.15, 0.2) is 24.3 Å². The molecule has 1 unspecified atom stereocenters. The van der Waals surface area contributed by atoms with Crippen molar-refractivity contribution < 1.29 is 19.0 Å². The summed E-state index contributed by atoms with van der Waals surface area (Å²) in [5, 5.41) is 0. The van der Waals surface area contributed by atoms with Crippen LogP contribution in [0, 0.1) is 0 Å². The van der Waals surface area contributed by atoms with Crippen LogP contribution >= 0.6 is 0 Å². The minimum atomic E-state index is -0.868. The predicted molar refractivity (Wildman–Crippen MR) is 85.0 cm³/mol. The van der Waals surface area contributed by atoms with Gasteiger partial charge >= 0.3 is 5.97 Å². The van der Waals surface area contributed by atoms with E-state index in [-0.39, 0.29) is 11.4 Å². The highest BCUT2D eigenvalue weighted by molar-refractivity contribution is 5.89. The molecule has 1 aliphatic rings. The molecule has 1 fully saturated rings. The zero-order valence-electron chi connectivity index (χ0n) is 14.0. The highest BCUT2D eigenvalue weighted by atomic mass is 16.8. The molecule has 4 heteroatoms. The Morgan fingerprint density at radius 2 is 1.91 bits per heavy atom. The van der Waals surface area contributed by atoms with Gasteiger partial charge in [0.2, 0.25) is 0 Å². The van der Waals surface area contributed by atoms with Crippen LogP contribution in [0.2, 0.25) is 0 Å². The highest BCUT2D eigenvalue weighted by Gasteiger charge is 2.50. The summed E-state index contributed by atoms with van der Waals surface area (Å²) >= 11 is 0. The minimum Gasteiger partial charge on any atom is -0.424 e. The Morgan fingerprint density at radius 1 is 1.27 bits per heavy atom. The van der Waals surface area contributed by atoms with Crippen molar-refractivity contribution in [3.05, 3.63) is 35.4 Å². The van der Waals surface area contributed by atoms with Crippen molar-refractivity contribution in [1.29, 1.82) is 0 Å². The molecule has 0 radical (unpaired) electrons. The zero-order chi connectivity index (χ0) is 16.2. The van der Waals surface area contributed by atoms with E-state index >= 15 is 0 Å². The third kappa shape index (κ3) is 4.55. The van der Waals surface area contributed by atoms with Gasteiger partial charge in [0.25, 0.3) is 5.79 Å². The van der Waals surface area contributed by atoms with Crippen LogP contribution in [0.3, 0.4) is 0 Å². The van der Waals surface area contributed by atoms with Crippen molar-refractivity contribution in [3.63, 3.8) is 0 Å². The SMILES string of the molecule is CCCCOCC1(OC(=O)c2ccc(C(C)(C)C)cc2)CO1. The van der Waals surface area contributed by atoms with E-state index in [1.165, 1.54) is 5.56 Å². The van der Waals surface area contributed by atoms with Gasteiger partial charge in [0.15, 0.2) is 0 Å². The van der Waals surface area contributed by atoms with Crippen LogP contribution in [-0.4, -0.2) is 31.6 Å². The summed E-state index contributed by atoms with van der Waals surface area (Å²) in [7, 11) is 0. The average Bonchev–Trinajstić information content (AvgIpc) is 3.23. The van der Waals surface area contributed by atoms with Gasteiger partial charge in [-0.05, 0) is 29.5 Å². The topological polar surface area (TPSA) is 48.1 Å². The number of benzene rings is 1. The van der Waals surface area contributed by atoms with Crippen molar-refractivity contribution in [1.82, 2.24) is 0 Å². The second-order valence-electron chi connectivity index (χ2n) is 6.82. The number of hydrogen-bond donors (Lipinski definition) is 0. The Balaban J connectivity index is 1.89. The molecular weight excluding hydrogens is 280 g/mol. The van der Waals surface area contributed by atoms with E-state index in [1.54, 1.807) is 12.1 Å². The smallest absolute Gasteiger partial charge is 0.340 e. The van der Waals surface area contributed by atoms with Crippen molar-refractivity contribution in [2.24, 2.45) is 0 Å². The molecule has 1 atom stereocenters. The van der Waals surface area contributed by atoms with Gasteiger partial charge in [-0.1, -0.05) is 46.2 Å². The molecule has 0 amide bonds. The molecule has 0 bridgehead atoms. The summed E-state index contributed by atoms with van der Waals surface area (Å²) < 4.78 is 16.2. The first kappa shape index (κ1) is 17.0. The quantitative estimate of drug-likeness (QED) is 0.438. The summed E-state index contributed by atoms with van der Waals surface area (Å²) in [4.78, 5) is 12.2. The Bertz CT molecular complexity index is 495. The molecule has 4 nitrogen and oxygen atoms in total. The van der Waals surface area contributed by atoms with Gasteiger partial charge in [-0.3, -0.25) is 0 Å². The number of carbonyl (C=O) groups is 1. The third-order valence-electron chi connectivity index (χ3n) is 3.70. The summed E-state index contributed by atoms with van der Waals surface area (Å²) in [6.45, 7) is 9.90. The molecule has 0 aliphatic carbocycles. The van der Waals surface area contributed by atoms with Gasteiger partial charge in [0.05, 0.1) is 5.56 Å². The molecule has 0 spiro atoms. The molecule has 1 aromatic rings. The van der Waals surface area contributed by atoms with E-state index in [2.05, 4.69) is 27.7 Å². The molecule has 122 valence electrons. The number of hydrogen-bond acceptors (Lipinski definition) is 4. The van der Waals surface area contributed by atoms with Crippen molar-refractivity contribution >= 4 is 5.97 Å². The second kappa shape index (κ2) is 6.80. The number of esters is 1. The lowest BCUT2D eigenvalue weighted by Gasteiger charge is -2.19. The maximum atomic E-state index is 12.2. The molecule has 1 saturated heterocycles. The lowest BCUT2D eigenvalue weighted by atomic mass is 9.87. The number of epoxide rings is 1. The van der Waals surface area contributed by atoms with Gasteiger partial charge in [0.1, 0.15) is 13.2 Å². The second-order valence-corrected chi connectivity index (χ2v) is 6.82. The highest BCUT2D eigenvalue weighted by Crippen LogP contribution is 2.30. The van der Waals surface area contributed by atoms with Gasteiger partial charge in [0, 0.05) is 6.61 Å². The number of rotatable bonds is 7. The van der Waals surface area contributed by atoms with Crippen LogP contribution in [0.25, 0.3) is 0 Å². The minimum absolute atomic E-state index is 0.0659. The van der Waals surface area contributed by atoms with Crippen LogP contribution in [0.1, 0.15) is 56.5 Å². The van der Waals surface area contributed by atoms with Crippen LogP contribution in [0.5, 0.6) is 0 Å². The molecule has 1 aromatic carbocycles. The van der Waals surface area contributed by atoms with Gasteiger partial charge in [-0.25, -0.2) is 4.79 Å². The summed E-state index contributed by atoms with van der Waals surface area (Å²) in [5.74, 6) is -1.23. The van der Waals surface area contributed by atoms with Crippen molar-refractivity contribution in [3.8, 4) is 0 Å². The van der Waals surface area contributed by atoms with Crippen LogP contribution in [-0.2, 0) is 19.6 Å². The van der Waals surface area contributed by atoms with Crippen molar-refractivity contribution in [2.45, 2.75) is 51.7 Å². The van der Waals surface area contributed by atoms with Crippen LogP contribution in [0.4, 0.5) is 0 Å². The molecule has 2 rings (SSSR count). The Hall–Kier alpha value is -1.39. The first-order chi connectivity index (χ1) is 10.4. The zero-order valence-corrected chi connectivity index (χ0v) is 14.0. The van der Waals surface area contributed by atoms with E-state index in [9.17, 15) is 4.79 Å². The normalized spacial score (nSPS) is 20.7. The Labute approximate surface area is 132 Å². The molecule has 1 aliphatic heterocycles. The largest absolute Gasteiger partial charge is 0.424 e. The fourth-order valence-electron chi connectivity index (χ4n) is 2.06. The third-order valence-corrected chi connectivity index (χ3v) is 3.70. The lowest BCUT2D eigenvalue weighted by molar-refractivity contribution is -0.0641. The summed E-state index contributed by atoms with van der Waals surface area (Å²) in [5.41, 5.74) is 1.79.